The summed E-state index contributed by atoms with van der Waals surface area (Å²) in [6.07, 6.45) is -1.88. The molecule has 1 rings (SSSR count). The van der Waals surface area contributed by atoms with E-state index in [9.17, 15) is 13.2 Å². The first-order valence-corrected chi connectivity index (χ1v) is 5.91. The molecule has 5 heteroatoms. The first kappa shape index (κ1) is 15.0. The van der Waals surface area contributed by atoms with E-state index in [1.807, 2.05) is 30.3 Å². The second-order valence-electron chi connectivity index (χ2n) is 4.27. The molecule has 1 aromatic rings. The normalized spacial score (nSPS) is 13.6. The standard InChI is InChI=1S/C13H18F3NO/c14-13(15,16)10-18-9-12(17)8-4-7-11-5-2-1-3-6-11/h1-3,5-6,12H,4,7-10,17H2. The molecule has 2 nitrogen and oxygen atoms in total. The van der Waals surface area contributed by atoms with Gasteiger partial charge in [0.15, 0.2) is 0 Å². The summed E-state index contributed by atoms with van der Waals surface area (Å²) < 4.78 is 40.0. The van der Waals surface area contributed by atoms with Gasteiger partial charge >= 0.3 is 6.18 Å². The minimum atomic E-state index is -4.27. The Kier molecular flexibility index (Phi) is 6.15. The molecular weight excluding hydrogens is 243 g/mol. The third-order valence-corrected chi connectivity index (χ3v) is 2.48. The van der Waals surface area contributed by atoms with Gasteiger partial charge in [0.1, 0.15) is 6.61 Å². The van der Waals surface area contributed by atoms with Crippen LogP contribution in [0.2, 0.25) is 0 Å². The second-order valence-corrected chi connectivity index (χ2v) is 4.27. The zero-order valence-corrected chi connectivity index (χ0v) is 10.1. The summed E-state index contributed by atoms with van der Waals surface area (Å²) in [4.78, 5) is 0. The summed E-state index contributed by atoms with van der Waals surface area (Å²) in [6.45, 7) is -1.27. The van der Waals surface area contributed by atoms with Gasteiger partial charge in [-0.2, -0.15) is 13.2 Å². The van der Waals surface area contributed by atoms with Gasteiger partial charge in [0, 0.05) is 6.04 Å². The van der Waals surface area contributed by atoms with Crippen LogP contribution in [0, 0.1) is 0 Å². The largest absolute Gasteiger partial charge is 0.411 e. The van der Waals surface area contributed by atoms with E-state index in [4.69, 9.17) is 5.73 Å². The van der Waals surface area contributed by atoms with Crippen molar-refractivity contribution in [3.8, 4) is 0 Å². The Balaban J connectivity index is 2.09. The molecular formula is C13H18F3NO. The molecule has 2 N–H and O–H groups in total. The van der Waals surface area contributed by atoms with E-state index < -0.39 is 12.8 Å². The van der Waals surface area contributed by atoms with E-state index in [0.717, 1.165) is 12.8 Å². The van der Waals surface area contributed by atoms with Gasteiger partial charge in [-0.05, 0) is 24.8 Å². The third-order valence-electron chi connectivity index (χ3n) is 2.48. The number of hydrogen-bond acceptors (Lipinski definition) is 2. The van der Waals surface area contributed by atoms with Crippen LogP contribution in [0.4, 0.5) is 13.2 Å². The fourth-order valence-corrected chi connectivity index (χ4v) is 1.62. The lowest BCUT2D eigenvalue weighted by molar-refractivity contribution is -0.174. The van der Waals surface area contributed by atoms with Gasteiger partial charge in [-0.25, -0.2) is 0 Å². The average Bonchev–Trinajstić information content (AvgIpc) is 2.28. The molecule has 0 amide bonds. The minimum Gasteiger partial charge on any atom is -0.370 e. The summed E-state index contributed by atoms with van der Waals surface area (Å²) >= 11 is 0. The van der Waals surface area contributed by atoms with Crippen LogP contribution in [-0.4, -0.2) is 25.4 Å². The fourth-order valence-electron chi connectivity index (χ4n) is 1.62. The van der Waals surface area contributed by atoms with E-state index >= 15 is 0 Å². The molecule has 0 fully saturated rings. The smallest absolute Gasteiger partial charge is 0.370 e. The summed E-state index contributed by atoms with van der Waals surface area (Å²) in [6, 6.07) is 9.57. The number of aryl methyl sites for hydroxylation is 1. The Labute approximate surface area is 105 Å². The van der Waals surface area contributed by atoms with Gasteiger partial charge in [-0.15, -0.1) is 0 Å². The van der Waals surface area contributed by atoms with Crippen molar-refractivity contribution >= 4 is 0 Å². The second kappa shape index (κ2) is 7.38. The Hall–Kier alpha value is -1.07. The lowest BCUT2D eigenvalue weighted by Gasteiger charge is -2.13. The highest BCUT2D eigenvalue weighted by molar-refractivity contribution is 5.14. The predicted molar refractivity (Wildman–Crippen MR) is 64.2 cm³/mol. The van der Waals surface area contributed by atoms with E-state index in [-0.39, 0.29) is 12.6 Å². The molecule has 0 spiro atoms. The summed E-state index contributed by atoms with van der Waals surface area (Å²) in [5.74, 6) is 0. The predicted octanol–water partition coefficient (Wildman–Crippen LogP) is 2.92. The third kappa shape index (κ3) is 7.29. The van der Waals surface area contributed by atoms with Crippen LogP contribution in [0.1, 0.15) is 18.4 Å². The van der Waals surface area contributed by atoms with Crippen molar-refractivity contribution in [1.29, 1.82) is 0 Å². The Bertz CT molecular complexity index is 327. The van der Waals surface area contributed by atoms with E-state index in [2.05, 4.69) is 4.74 Å². The monoisotopic (exact) mass is 261 g/mol. The number of benzene rings is 1. The SMILES string of the molecule is NC(CCCc1ccccc1)COCC(F)(F)F. The van der Waals surface area contributed by atoms with Crippen molar-refractivity contribution in [1.82, 2.24) is 0 Å². The number of rotatable bonds is 7. The lowest BCUT2D eigenvalue weighted by atomic mass is 10.1. The van der Waals surface area contributed by atoms with E-state index in [1.165, 1.54) is 5.56 Å². The summed E-state index contributed by atoms with van der Waals surface area (Å²) in [7, 11) is 0. The van der Waals surface area contributed by atoms with E-state index in [0.29, 0.717) is 6.42 Å². The van der Waals surface area contributed by atoms with Crippen molar-refractivity contribution in [2.75, 3.05) is 13.2 Å². The molecule has 0 aliphatic heterocycles. The zero-order chi connectivity index (χ0) is 13.4. The number of hydrogen-bond donors (Lipinski definition) is 1. The molecule has 0 aliphatic carbocycles. The van der Waals surface area contributed by atoms with Crippen LogP contribution in [0.15, 0.2) is 30.3 Å². The quantitative estimate of drug-likeness (QED) is 0.819. The number of nitrogens with two attached hydrogens (primary N) is 1. The van der Waals surface area contributed by atoms with Crippen molar-refractivity contribution in [2.24, 2.45) is 5.73 Å². The van der Waals surface area contributed by atoms with Crippen molar-refractivity contribution in [2.45, 2.75) is 31.5 Å². The molecule has 0 aliphatic rings. The molecule has 0 heterocycles. The highest BCUT2D eigenvalue weighted by Crippen LogP contribution is 2.14. The zero-order valence-electron chi connectivity index (χ0n) is 10.1. The van der Waals surface area contributed by atoms with Crippen LogP contribution in [-0.2, 0) is 11.2 Å². The minimum absolute atomic E-state index is 0.0473. The van der Waals surface area contributed by atoms with Gasteiger partial charge in [0.25, 0.3) is 0 Å². The summed E-state index contributed by atoms with van der Waals surface area (Å²) in [5, 5.41) is 0. The molecule has 0 saturated carbocycles. The molecule has 0 radical (unpaired) electrons. The maximum Gasteiger partial charge on any atom is 0.411 e. The molecule has 0 aromatic heterocycles. The fraction of sp³-hybridized carbons (Fsp3) is 0.538. The maximum atomic E-state index is 11.8. The molecule has 102 valence electrons. The van der Waals surface area contributed by atoms with Gasteiger partial charge < -0.3 is 10.5 Å². The van der Waals surface area contributed by atoms with Crippen molar-refractivity contribution in [3.05, 3.63) is 35.9 Å². The topological polar surface area (TPSA) is 35.2 Å². The first-order chi connectivity index (χ1) is 8.47. The Morgan fingerprint density at radius 2 is 1.83 bits per heavy atom. The Morgan fingerprint density at radius 1 is 1.17 bits per heavy atom. The van der Waals surface area contributed by atoms with Crippen LogP contribution in [0.25, 0.3) is 0 Å². The van der Waals surface area contributed by atoms with E-state index in [1.54, 1.807) is 0 Å². The van der Waals surface area contributed by atoms with Crippen LogP contribution in [0.3, 0.4) is 0 Å². The van der Waals surface area contributed by atoms with Gasteiger partial charge in [0.05, 0.1) is 6.61 Å². The van der Waals surface area contributed by atoms with Crippen molar-refractivity contribution in [3.63, 3.8) is 0 Å². The highest BCUT2D eigenvalue weighted by atomic mass is 19.4. The Morgan fingerprint density at radius 3 is 2.44 bits per heavy atom. The molecule has 0 bridgehead atoms. The van der Waals surface area contributed by atoms with Crippen molar-refractivity contribution < 1.29 is 17.9 Å². The average molecular weight is 261 g/mol. The van der Waals surface area contributed by atoms with Gasteiger partial charge in [-0.1, -0.05) is 30.3 Å². The molecule has 0 saturated heterocycles. The maximum absolute atomic E-state index is 11.8. The summed E-state index contributed by atoms with van der Waals surface area (Å²) in [5.41, 5.74) is 6.88. The lowest BCUT2D eigenvalue weighted by Crippen LogP contribution is -2.29. The first-order valence-electron chi connectivity index (χ1n) is 5.91. The molecule has 1 aromatic carbocycles. The number of alkyl halides is 3. The number of halogens is 3. The van der Waals surface area contributed by atoms with Gasteiger partial charge in [-0.3, -0.25) is 0 Å². The van der Waals surface area contributed by atoms with Gasteiger partial charge in [0.2, 0.25) is 0 Å². The highest BCUT2D eigenvalue weighted by Gasteiger charge is 2.27. The molecule has 18 heavy (non-hydrogen) atoms. The van der Waals surface area contributed by atoms with Crippen LogP contribution < -0.4 is 5.73 Å². The van der Waals surface area contributed by atoms with Crippen LogP contribution in [0.5, 0.6) is 0 Å². The molecule has 1 atom stereocenters. The number of ether oxygens (including phenoxy) is 1. The van der Waals surface area contributed by atoms with Crippen LogP contribution >= 0.6 is 0 Å². The molecule has 1 unspecified atom stereocenters.